The number of likely N-dealkylation sites (tertiary alicyclic amines) is 1. The Bertz CT molecular complexity index is 1010. The van der Waals surface area contributed by atoms with Gasteiger partial charge in [-0.25, -0.2) is 4.99 Å². The quantitative estimate of drug-likeness (QED) is 0.200. The molecule has 2 heterocycles. The molecule has 0 aliphatic carbocycles. The van der Waals surface area contributed by atoms with Crippen molar-refractivity contribution in [2.45, 2.75) is 45.0 Å². The first-order valence-corrected chi connectivity index (χ1v) is 11.8. The van der Waals surface area contributed by atoms with E-state index in [-0.39, 0.29) is 36.1 Å². The number of hydrogen-bond acceptors (Lipinski definition) is 4. The predicted octanol–water partition coefficient (Wildman–Crippen LogP) is 4.50. The third kappa shape index (κ3) is 7.85. The monoisotopic (exact) mass is 574 g/mol. The minimum atomic E-state index is -0.205. The molecular weight excluding hydrogens is 539 g/mol. The number of β-amino-alcohol motifs (C(OH)–C–C–N with tert-alkyl or cyclic N) is 1. The van der Waals surface area contributed by atoms with Gasteiger partial charge in [-0.1, -0.05) is 54.6 Å². The Morgan fingerprint density at radius 1 is 1.09 bits per heavy atom. The van der Waals surface area contributed by atoms with Crippen molar-refractivity contribution in [3.05, 3.63) is 95.4 Å². The van der Waals surface area contributed by atoms with Gasteiger partial charge in [0.05, 0.1) is 25.0 Å². The second-order valence-electron chi connectivity index (χ2n) is 8.64. The Hall–Kier alpha value is -2.36. The van der Waals surface area contributed by atoms with Crippen molar-refractivity contribution in [3.8, 4) is 0 Å². The lowest BCUT2D eigenvalue weighted by atomic mass is 10.1. The van der Waals surface area contributed by atoms with Crippen LogP contribution in [-0.2, 0) is 19.5 Å². The molecule has 0 spiro atoms. The molecule has 3 N–H and O–H groups in total. The Labute approximate surface area is 219 Å². The van der Waals surface area contributed by atoms with Crippen LogP contribution in [0.5, 0.6) is 0 Å². The van der Waals surface area contributed by atoms with Crippen molar-refractivity contribution in [1.29, 1.82) is 0 Å². The van der Waals surface area contributed by atoms with E-state index < -0.39 is 0 Å². The first-order chi connectivity index (χ1) is 16.2. The zero-order valence-corrected chi connectivity index (χ0v) is 22.0. The standard InChI is InChI=1S/C27H34N4O2.HI/c1-21(22-8-3-2-4-9-22)30-27(28-15-13-26-12-7-17-33-26)29-18-23-10-5-6-11-24(23)19-31-16-14-25(32)20-31;/h2-12,17,21,25,32H,13-16,18-20H2,1H3,(H2,28,29,30);1H. The highest BCUT2D eigenvalue weighted by Gasteiger charge is 2.20. The van der Waals surface area contributed by atoms with E-state index in [1.165, 1.54) is 16.7 Å². The molecule has 182 valence electrons. The van der Waals surface area contributed by atoms with Crippen molar-refractivity contribution in [3.63, 3.8) is 0 Å². The number of nitrogens with zero attached hydrogens (tertiary/aromatic N) is 2. The maximum atomic E-state index is 9.87. The molecule has 2 aromatic carbocycles. The molecule has 7 heteroatoms. The van der Waals surface area contributed by atoms with Crippen LogP contribution in [-0.4, -0.2) is 41.7 Å². The third-order valence-electron chi connectivity index (χ3n) is 6.06. The van der Waals surface area contributed by atoms with Gasteiger partial charge in [0.2, 0.25) is 0 Å². The van der Waals surface area contributed by atoms with Gasteiger partial charge in [0.15, 0.2) is 5.96 Å². The first-order valence-electron chi connectivity index (χ1n) is 11.8. The molecule has 0 saturated carbocycles. The van der Waals surface area contributed by atoms with E-state index in [1.807, 2.05) is 18.2 Å². The molecule has 0 bridgehead atoms. The van der Waals surface area contributed by atoms with E-state index in [4.69, 9.17) is 9.41 Å². The normalized spacial score (nSPS) is 17.2. The topological polar surface area (TPSA) is 73.0 Å². The van der Waals surface area contributed by atoms with Gasteiger partial charge in [0.1, 0.15) is 5.76 Å². The highest BCUT2D eigenvalue weighted by Crippen LogP contribution is 2.17. The Morgan fingerprint density at radius 2 is 1.85 bits per heavy atom. The van der Waals surface area contributed by atoms with Crippen LogP contribution in [0.3, 0.4) is 0 Å². The number of nitrogens with one attached hydrogen (secondary N) is 2. The second kappa shape index (κ2) is 13.5. The highest BCUT2D eigenvalue weighted by atomic mass is 127. The van der Waals surface area contributed by atoms with Crippen LogP contribution in [0.15, 0.2) is 82.4 Å². The van der Waals surface area contributed by atoms with Crippen molar-refractivity contribution < 1.29 is 9.52 Å². The number of halogens is 1. The van der Waals surface area contributed by atoms with Crippen LogP contribution in [0.4, 0.5) is 0 Å². The fourth-order valence-corrected chi connectivity index (χ4v) is 4.17. The fraction of sp³-hybridized carbons (Fsp3) is 0.370. The maximum absolute atomic E-state index is 9.87. The van der Waals surface area contributed by atoms with Gasteiger partial charge in [-0.2, -0.15) is 0 Å². The summed E-state index contributed by atoms with van der Waals surface area (Å²) in [7, 11) is 0. The number of rotatable bonds is 9. The van der Waals surface area contributed by atoms with Crippen LogP contribution < -0.4 is 10.6 Å². The van der Waals surface area contributed by atoms with Gasteiger partial charge in [-0.3, -0.25) is 4.90 Å². The fourth-order valence-electron chi connectivity index (χ4n) is 4.17. The molecule has 6 nitrogen and oxygen atoms in total. The molecule has 1 aliphatic heterocycles. The number of aliphatic hydroxyl groups is 1. The lowest BCUT2D eigenvalue weighted by Gasteiger charge is -2.20. The Balaban J connectivity index is 0.00000324. The molecule has 1 fully saturated rings. The molecule has 1 saturated heterocycles. The summed E-state index contributed by atoms with van der Waals surface area (Å²) in [6, 6.07) is 22.9. The van der Waals surface area contributed by atoms with Gasteiger partial charge in [0.25, 0.3) is 0 Å². The number of guanidine groups is 1. The lowest BCUT2D eigenvalue weighted by molar-refractivity contribution is 0.174. The van der Waals surface area contributed by atoms with E-state index in [1.54, 1.807) is 6.26 Å². The first kappa shape index (κ1) is 26.2. The second-order valence-corrected chi connectivity index (χ2v) is 8.64. The molecule has 1 aliphatic rings. The number of hydrogen-bond donors (Lipinski definition) is 3. The summed E-state index contributed by atoms with van der Waals surface area (Å²) in [6.45, 7) is 5.99. The van der Waals surface area contributed by atoms with Crippen LogP contribution in [0.1, 0.15) is 41.8 Å². The molecule has 0 radical (unpaired) electrons. The van der Waals surface area contributed by atoms with E-state index >= 15 is 0 Å². The van der Waals surface area contributed by atoms with E-state index in [2.05, 4.69) is 71.0 Å². The minimum absolute atomic E-state index is 0. The van der Waals surface area contributed by atoms with Gasteiger partial charge in [0, 0.05) is 32.6 Å². The van der Waals surface area contributed by atoms with E-state index in [0.717, 1.165) is 50.7 Å². The Kier molecular flexibility index (Phi) is 10.4. The summed E-state index contributed by atoms with van der Waals surface area (Å²) in [6.07, 6.45) is 3.15. The minimum Gasteiger partial charge on any atom is -0.469 e. The summed E-state index contributed by atoms with van der Waals surface area (Å²) in [5.74, 6) is 1.74. The molecular formula is C27H35IN4O2. The predicted molar refractivity (Wildman–Crippen MR) is 147 cm³/mol. The van der Waals surface area contributed by atoms with Crippen LogP contribution in [0.25, 0.3) is 0 Å². The van der Waals surface area contributed by atoms with Crippen molar-refractivity contribution in [2.24, 2.45) is 4.99 Å². The van der Waals surface area contributed by atoms with Gasteiger partial charge >= 0.3 is 0 Å². The lowest BCUT2D eigenvalue weighted by Crippen LogP contribution is -2.39. The SMILES string of the molecule is CC(NC(=NCc1ccccc1CN1CCC(O)C1)NCCc1ccco1)c1ccccc1.I. The largest absolute Gasteiger partial charge is 0.469 e. The molecule has 0 amide bonds. The zero-order chi connectivity index (χ0) is 22.9. The average molecular weight is 575 g/mol. The molecule has 34 heavy (non-hydrogen) atoms. The van der Waals surface area contributed by atoms with Crippen molar-refractivity contribution >= 4 is 29.9 Å². The van der Waals surface area contributed by atoms with Crippen LogP contribution in [0, 0.1) is 0 Å². The van der Waals surface area contributed by atoms with Crippen molar-refractivity contribution in [1.82, 2.24) is 15.5 Å². The van der Waals surface area contributed by atoms with Gasteiger partial charge in [-0.05, 0) is 42.2 Å². The summed E-state index contributed by atoms with van der Waals surface area (Å²) < 4.78 is 5.46. The number of furan rings is 1. The number of benzene rings is 2. The van der Waals surface area contributed by atoms with E-state index in [9.17, 15) is 5.11 Å². The van der Waals surface area contributed by atoms with E-state index in [0.29, 0.717) is 6.54 Å². The average Bonchev–Trinajstić information content (AvgIpc) is 3.50. The summed E-state index contributed by atoms with van der Waals surface area (Å²) >= 11 is 0. The van der Waals surface area contributed by atoms with Crippen LogP contribution >= 0.6 is 24.0 Å². The molecule has 3 aromatic rings. The molecule has 1 aromatic heterocycles. The Morgan fingerprint density at radius 3 is 2.56 bits per heavy atom. The third-order valence-corrected chi connectivity index (χ3v) is 6.06. The van der Waals surface area contributed by atoms with Crippen molar-refractivity contribution in [2.75, 3.05) is 19.6 Å². The van der Waals surface area contributed by atoms with Gasteiger partial charge < -0.3 is 20.2 Å². The van der Waals surface area contributed by atoms with Crippen LogP contribution in [0.2, 0.25) is 0 Å². The van der Waals surface area contributed by atoms with Gasteiger partial charge in [-0.15, -0.1) is 24.0 Å². The molecule has 2 atom stereocenters. The zero-order valence-electron chi connectivity index (χ0n) is 19.7. The highest BCUT2D eigenvalue weighted by molar-refractivity contribution is 14.0. The molecule has 4 rings (SSSR count). The summed E-state index contributed by atoms with van der Waals surface area (Å²) in [5, 5.41) is 16.9. The number of aliphatic hydroxyl groups excluding tert-OH is 1. The number of aliphatic imine (C=N–C) groups is 1. The molecule has 2 unspecified atom stereocenters. The smallest absolute Gasteiger partial charge is 0.192 e. The maximum Gasteiger partial charge on any atom is 0.192 e. The summed E-state index contributed by atoms with van der Waals surface area (Å²) in [5.41, 5.74) is 3.69. The summed E-state index contributed by atoms with van der Waals surface area (Å²) in [4.78, 5) is 7.24.